The number of rotatable bonds is 9. The molecule has 2 aliphatic heterocycles. The van der Waals surface area contributed by atoms with E-state index >= 15 is 4.39 Å². The van der Waals surface area contributed by atoms with Crippen LogP contribution in [0.4, 0.5) is 20.6 Å². The lowest BCUT2D eigenvalue weighted by Crippen LogP contribution is -2.67. The average molecular weight is 497 g/mol. The highest BCUT2D eigenvalue weighted by Gasteiger charge is 2.49. The predicted molar refractivity (Wildman–Crippen MR) is 131 cm³/mol. The van der Waals surface area contributed by atoms with E-state index in [0.29, 0.717) is 29.0 Å². The first-order chi connectivity index (χ1) is 17.1. The number of benzene rings is 2. The summed E-state index contributed by atoms with van der Waals surface area (Å²) >= 11 is 0. The highest BCUT2D eigenvalue weighted by Crippen LogP contribution is 2.38. The molecule has 10 heteroatoms. The molecule has 0 aromatic heterocycles. The van der Waals surface area contributed by atoms with Crippen LogP contribution in [-0.4, -0.2) is 55.3 Å². The van der Waals surface area contributed by atoms with Gasteiger partial charge in [-0.15, -0.1) is 0 Å². The largest absolute Gasteiger partial charge is 0.442 e. The van der Waals surface area contributed by atoms with E-state index in [0.717, 1.165) is 0 Å². The molecule has 190 valence electrons. The number of carbonyl (C=O) groups excluding carboxylic acids is 4. The fraction of sp³-hybridized carbons (Fsp3) is 0.385. The number of cyclic esters (lactones) is 1. The van der Waals surface area contributed by atoms with Crippen LogP contribution in [0.15, 0.2) is 42.5 Å². The van der Waals surface area contributed by atoms with Crippen molar-refractivity contribution in [3.63, 3.8) is 0 Å². The molecule has 36 heavy (non-hydrogen) atoms. The summed E-state index contributed by atoms with van der Waals surface area (Å²) in [4.78, 5) is 50.0. The number of nitrogen functional groups attached to an aromatic ring is 1. The maximum atomic E-state index is 15.3. The van der Waals surface area contributed by atoms with Gasteiger partial charge in [0.05, 0.1) is 24.8 Å². The molecule has 0 radical (unpaired) electrons. The zero-order valence-corrected chi connectivity index (χ0v) is 20.2. The molecule has 2 heterocycles. The molecule has 2 aromatic carbocycles. The third kappa shape index (κ3) is 5.08. The van der Waals surface area contributed by atoms with Crippen LogP contribution in [0, 0.1) is 5.82 Å². The lowest BCUT2D eigenvalue weighted by atomic mass is 9.67. The highest BCUT2D eigenvalue weighted by molar-refractivity contribution is 5.99. The molecule has 3 atom stereocenters. The molecule has 0 spiro atoms. The van der Waals surface area contributed by atoms with Crippen molar-refractivity contribution in [2.45, 2.75) is 44.2 Å². The fourth-order valence-corrected chi connectivity index (χ4v) is 4.66. The van der Waals surface area contributed by atoms with Crippen molar-refractivity contribution in [3.05, 3.63) is 59.4 Å². The molecular weight excluding hydrogens is 467 g/mol. The number of nitrogens with zero attached hydrogens (tertiary/aromatic N) is 1. The van der Waals surface area contributed by atoms with Crippen LogP contribution < -0.4 is 21.3 Å². The molecule has 0 saturated carbocycles. The number of amides is 2. The lowest BCUT2D eigenvalue weighted by Gasteiger charge is -2.47. The number of ether oxygens (including phenoxy) is 1. The number of nitrogens with two attached hydrogens (primary N) is 1. The van der Waals surface area contributed by atoms with Gasteiger partial charge in [0.2, 0.25) is 5.91 Å². The van der Waals surface area contributed by atoms with Crippen molar-refractivity contribution >= 4 is 34.9 Å². The van der Waals surface area contributed by atoms with Crippen molar-refractivity contribution in [2.24, 2.45) is 0 Å². The Kier molecular flexibility index (Phi) is 7.07. The Bertz CT molecular complexity index is 1200. The molecule has 2 fully saturated rings. The third-order valence-electron chi connectivity index (χ3n) is 6.80. The van der Waals surface area contributed by atoms with Crippen molar-refractivity contribution in [2.75, 3.05) is 30.3 Å². The Hall–Kier alpha value is -3.79. The minimum absolute atomic E-state index is 0.0332. The smallest absolute Gasteiger partial charge is 0.414 e. The molecule has 2 amide bonds. The van der Waals surface area contributed by atoms with E-state index in [-0.39, 0.29) is 43.4 Å². The summed E-state index contributed by atoms with van der Waals surface area (Å²) in [5.74, 6) is -1.10. The van der Waals surface area contributed by atoms with E-state index in [2.05, 4.69) is 10.6 Å². The maximum absolute atomic E-state index is 15.3. The summed E-state index contributed by atoms with van der Waals surface area (Å²) in [6, 6.07) is 10.4. The standard InChI is InChI=1S/C26H29FN4O5/c1-15(32)29-12-19-13-31(25(35)36-19)18-7-8-20(21(27)11-18)26(2)14-30-24(26)23(34)10-9-22(33)16-3-5-17(28)6-4-16/h3-8,11,19,24,30H,9-10,12-14,28H2,1-2H3,(H,29,32)/t19-,24?,26?/m0/s1. The number of anilines is 2. The number of carbonyl (C=O) groups is 4. The van der Waals surface area contributed by atoms with Gasteiger partial charge < -0.3 is 21.1 Å². The van der Waals surface area contributed by atoms with Crippen LogP contribution in [0.1, 0.15) is 42.6 Å². The van der Waals surface area contributed by atoms with E-state index in [1.807, 2.05) is 0 Å². The van der Waals surface area contributed by atoms with Crippen LogP contribution in [0.2, 0.25) is 0 Å². The van der Waals surface area contributed by atoms with Gasteiger partial charge >= 0.3 is 6.09 Å². The Balaban J connectivity index is 1.40. The molecule has 2 aromatic rings. The summed E-state index contributed by atoms with van der Waals surface area (Å²) in [6.45, 7) is 3.93. The molecule has 9 nitrogen and oxygen atoms in total. The fourth-order valence-electron chi connectivity index (χ4n) is 4.66. The minimum atomic E-state index is -0.788. The van der Waals surface area contributed by atoms with Gasteiger partial charge in [-0.25, -0.2) is 9.18 Å². The van der Waals surface area contributed by atoms with Gasteiger partial charge in [-0.3, -0.25) is 19.3 Å². The van der Waals surface area contributed by atoms with E-state index in [4.69, 9.17) is 10.5 Å². The zero-order chi connectivity index (χ0) is 26.0. The van der Waals surface area contributed by atoms with Crippen LogP contribution in [-0.2, 0) is 19.7 Å². The number of hydrogen-bond donors (Lipinski definition) is 3. The Morgan fingerprint density at radius 1 is 1.19 bits per heavy atom. The number of hydrogen-bond acceptors (Lipinski definition) is 7. The van der Waals surface area contributed by atoms with Gasteiger partial charge in [-0.1, -0.05) is 13.0 Å². The first kappa shape index (κ1) is 25.3. The topological polar surface area (TPSA) is 131 Å². The first-order valence-electron chi connectivity index (χ1n) is 11.8. The summed E-state index contributed by atoms with van der Waals surface area (Å²) < 4.78 is 20.5. The lowest BCUT2D eigenvalue weighted by molar-refractivity contribution is -0.125. The van der Waals surface area contributed by atoms with Gasteiger partial charge in [0, 0.05) is 43.0 Å². The Labute approximate surface area is 208 Å². The summed E-state index contributed by atoms with van der Waals surface area (Å²) in [5, 5.41) is 5.67. The number of Topliss-reactive ketones (excluding diaryl/α,β-unsaturated/α-hetero) is 2. The number of nitrogens with one attached hydrogen (secondary N) is 2. The van der Waals surface area contributed by atoms with Crippen LogP contribution >= 0.6 is 0 Å². The van der Waals surface area contributed by atoms with Crippen molar-refractivity contribution in [3.8, 4) is 0 Å². The second-order valence-corrected chi connectivity index (χ2v) is 9.46. The third-order valence-corrected chi connectivity index (χ3v) is 6.80. The van der Waals surface area contributed by atoms with Crippen molar-refractivity contribution in [1.82, 2.24) is 10.6 Å². The van der Waals surface area contributed by atoms with Crippen LogP contribution in [0.25, 0.3) is 0 Å². The first-order valence-corrected chi connectivity index (χ1v) is 11.8. The Morgan fingerprint density at radius 2 is 1.92 bits per heavy atom. The molecule has 2 unspecified atom stereocenters. The number of halogens is 1. The van der Waals surface area contributed by atoms with E-state index in [9.17, 15) is 19.2 Å². The quantitative estimate of drug-likeness (QED) is 0.359. The zero-order valence-electron chi connectivity index (χ0n) is 20.2. The van der Waals surface area contributed by atoms with E-state index in [1.54, 1.807) is 43.3 Å². The minimum Gasteiger partial charge on any atom is -0.442 e. The normalized spacial score (nSPS) is 23.1. The van der Waals surface area contributed by atoms with Gasteiger partial charge in [0.15, 0.2) is 11.6 Å². The molecule has 0 aliphatic carbocycles. The second-order valence-electron chi connectivity index (χ2n) is 9.46. The molecule has 4 N–H and O–H groups in total. The van der Waals surface area contributed by atoms with Gasteiger partial charge in [0.25, 0.3) is 0 Å². The molecule has 4 rings (SSSR count). The second kappa shape index (κ2) is 10.1. The number of ketones is 2. The summed E-state index contributed by atoms with van der Waals surface area (Å²) in [5.41, 5.74) is 6.59. The van der Waals surface area contributed by atoms with Crippen molar-refractivity contribution < 1.29 is 28.3 Å². The van der Waals surface area contributed by atoms with Crippen molar-refractivity contribution in [1.29, 1.82) is 0 Å². The monoisotopic (exact) mass is 496 g/mol. The van der Waals surface area contributed by atoms with E-state index in [1.165, 1.54) is 17.9 Å². The van der Waals surface area contributed by atoms with Crippen LogP contribution in [0.5, 0.6) is 0 Å². The SMILES string of the molecule is CC(=O)NC[C@H]1CN(c2ccc(C3(C)CNC3C(=O)CCC(=O)c3ccc(N)cc3)c(F)c2)C(=O)O1. The molecule has 2 saturated heterocycles. The van der Waals surface area contributed by atoms with Gasteiger partial charge in [0.1, 0.15) is 11.9 Å². The molecule has 2 aliphatic rings. The average Bonchev–Trinajstić information content (AvgIpc) is 3.21. The van der Waals surface area contributed by atoms with Gasteiger partial charge in [-0.2, -0.15) is 0 Å². The maximum Gasteiger partial charge on any atom is 0.414 e. The Morgan fingerprint density at radius 3 is 2.53 bits per heavy atom. The molecular formula is C26H29FN4O5. The highest BCUT2D eigenvalue weighted by atomic mass is 19.1. The van der Waals surface area contributed by atoms with E-state index < -0.39 is 29.5 Å². The van der Waals surface area contributed by atoms with Crippen LogP contribution in [0.3, 0.4) is 0 Å². The predicted octanol–water partition coefficient (Wildman–Crippen LogP) is 2.33. The summed E-state index contributed by atoms with van der Waals surface area (Å²) in [6.07, 6.45) is -1.07. The molecule has 0 bridgehead atoms. The summed E-state index contributed by atoms with van der Waals surface area (Å²) in [7, 11) is 0. The van der Waals surface area contributed by atoms with Gasteiger partial charge in [-0.05, 0) is 42.0 Å².